The second-order valence-electron chi connectivity index (χ2n) is 14.4. The number of thiophene rings is 1. The number of benzene rings is 9. The smallest absolute Gasteiger partial charge is 0.165 e. The molecule has 4 aromatic heterocycles. The lowest BCUT2D eigenvalue weighted by atomic mass is 9.91. The molecule has 0 aliphatic rings. The summed E-state index contributed by atoms with van der Waals surface area (Å²) in [4.78, 5) is 12.1. The van der Waals surface area contributed by atoms with E-state index in [0.717, 1.165) is 65.8 Å². The van der Waals surface area contributed by atoms with Crippen LogP contribution >= 0.6 is 11.3 Å². The first kappa shape index (κ1) is 29.4. The van der Waals surface area contributed by atoms with Gasteiger partial charge < -0.3 is 4.42 Å². The lowest BCUT2D eigenvalue weighted by Crippen LogP contribution is -2.03. The predicted molar refractivity (Wildman–Crippen MR) is 232 cm³/mol. The summed E-state index contributed by atoms with van der Waals surface area (Å²) in [6, 6.07) is 58.8. The minimum Gasteiger partial charge on any atom is -0.456 e. The highest BCUT2D eigenvalue weighted by atomic mass is 32.1. The summed E-state index contributed by atoms with van der Waals surface area (Å²) in [6.07, 6.45) is 0. The SMILES string of the molecule is c1ccc2c(c1)ccc1c2c2c3c4ccccc4c4ccccc4c3ccc2n1-c1nc2c(nc1-c1ccc3oc4ccccc4c3c1)sc1ccccc12. The fourth-order valence-corrected chi connectivity index (χ4v) is 10.2. The Balaban J connectivity index is 1.25. The topological polar surface area (TPSA) is 43.9 Å². The van der Waals surface area contributed by atoms with Gasteiger partial charge in [0.2, 0.25) is 0 Å². The highest BCUT2D eigenvalue weighted by molar-refractivity contribution is 7.25. The Morgan fingerprint density at radius 2 is 1.05 bits per heavy atom. The van der Waals surface area contributed by atoms with Crippen molar-refractivity contribution in [2.24, 2.45) is 0 Å². The molecular formula is C50H27N3OS. The quantitative estimate of drug-likeness (QED) is 0.167. The molecule has 4 heterocycles. The van der Waals surface area contributed by atoms with Crippen molar-refractivity contribution in [2.75, 3.05) is 0 Å². The van der Waals surface area contributed by atoms with Crippen molar-refractivity contribution in [2.45, 2.75) is 0 Å². The molecule has 0 saturated carbocycles. The zero-order chi connectivity index (χ0) is 35.8. The van der Waals surface area contributed by atoms with Crippen LogP contribution in [0.5, 0.6) is 0 Å². The Labute approximate surface area is 317 Å². The van der Waals surface area contributed by atoms with Gasteiger partial charge in [-0.2, -0.15) is 0 Å². The average Bonchev–Trinajstić information content (AvgIpc) is 3.92. The van der Waals surface area contributed by atoms with Gasteiger partial charge in [0.05, 0.1) is 11.0 Å². The lowest BCUT2D eigenvalue weighted by molar-refractivity contribution is 0.669. The number of hydrogen-bond donors (Lipinski definition) is 0. The van der Waals surface area contributed by atoms with Crippen LogP contribution in [0.4, 0.5) is 0 Å². The highest BCUT2D eigenvalue weighted by Gasteiger charge is 2.25. The van der Waals surface area contributed by atoms with Gasteiger partial charge in [-0.15, -0.1) is 11.3 Å². The molecule has 0 aliphatic heterocycles. The van der Waals surface area contributed by atoms with Gasteiger partial charge >= 0.3 is 0 Å². The molecule has 5 heteroatoms. The van der Waals surface area contributed by atoms with Gasteiger partial charge in [0, 0.05) is 42.6 Å². The van der Waals surface area contributed by atoms with Crippen molar-refractivity contribution >= 4 is 119 Å². The van der Waals surface area contributed by atoms with E-state index in [1.54, 1.807) is 11.3 Å². The van der Waals surface area contributed by atoms with E-state index in [2.05, 4.69) is 156 Å². The van der Waals surface area contributed by atoms with Crippen LogP contribution in [-0.2, 0) is 0 Å². The Bertz CT molecular complexity index is 3760. The van der Waals surface area contributed by atoms with Crippen LogP contribution in [0, 0.1) is 0 Å². The van der Waals surface area contributed by atoms with E-state index >= 15 is 0 Å². The molecule has 9 aromatic carbocycles. The summed E-state index contributed by atoms with van der Waals surface area (Å²) in [6.45, 7) is 0. The van der Waals surface area contributed by atoms with E-state index in [0.29, 0.717) is 0 Å². The number of nitrogens with zero attached hydrogens (tertiary/aromatic N) is 3. The maximum Gasteiger partial charge on any atom is 0.165 e. The summed E-state index contributed by atoms with van der Waals surface area (Å²) in [5, 5.41) is 15.7. The van der Waals surface area contributed by atoms with Gasteiger partial charge in [0.25, 0.3) is 0 Å². The summed E-state index contributed by atoms with van der Waals surface area (Å²) in [5.74, 6) is 0.808. The van der Waals surface area contributed by atoms with E-state index in [1.807, 2.05) is 12.1 Å². The van der Waals surface area contributed by atoms with Crippen molar-refractivity contribution in [1.29, 1.82) is 0 Å². The van der Waals surface area contributed by atoms with Crippen molar-refractivity contribution in [3.05, 3.63) is 164 Å². The van der Waals surface area contributed by atoms with Crippen LogP contribution in [0.1, 0.15) is 0 Å². The van der Waals surface area contributed by atoms with Gasteiger partial charge in [-0.25, -0.2) is 9.97 Å². The molecule has 0 bridgehead atoms. The van der Waals surface area contributed by atoms with Gasteiger partial charge in [-0.05, 0) is 80.2 Å². The molecule has 0 saturated heterocycles. The molecule has 4 nitrogen and oxygen atoms in total. The van der Waals surface area contributed by atoms with Crippen LogP contribution < -0.4 is 0 Å². The number of furan rings is 1. The molecule has 0 N–H and O–H groups in total. The van der Waals surface area contributed by atoms with Gasteiger partial charge in [-0.1, -0.05) is 121 Å². The van der Waals surface area contributed by atoms with E-state index < -0.39 is 0 Å². The van der Waals surface area contributed by atoms with Crippen molar-refractivity contribution in [3.8, 4) is 17.1 Å². The largest absolute Gasteiger partial charge is 0.456 e. The lowest BCUT2D eigenvalue weighted by Gasteiger charge is -2.14. The molecule has 0 spiro atoms. The predicted octanol–water partition coefficient (Wildman–Crippen LogP) is 14.1. The number of hydrogen-bond acceptors (Lipinski definition) is 4. The maximum absolute atomic E-state index is 6.28. The van der Waals surface area contributed by atoms with Crippen LogP contribution in [-0.4, -0.2) is 14.5 Å². The van der Waals surface area contributed by atoms with Crippen LogP contribution in [0.15, 0.2) is 168 Å². The normalized spacial score (nSPS) is 12.4. The molecule has 0 unspecified atom stereocenters. The third-order valence-corrected chi connectivity index (χ3v) is 12.6. The van der Waals surface area contributed by atoms with E-state index in [-0.39, 0.29) is 0 Å². The average molecular weight is 718 g/mol. The second kappa shape index (κ2) is 10.8. The monoisotopic (exact) mass is 717 g/mol. The van der Waals surface area contributed by atoms with E-state index in [9.17, 15) is 0 Å². The third-order valence-electron chi connectivity index (χ3n) is 11.6. The minimum absolute atomic E-state index is 0.808. The van der Waals surface area contributed by atoms with Gasteiger partial charge in [0.15, 0.2) is 5.82 Å². The van der Waals surface area contributed by atoms with Crippen molar-refractivity contribution in [1.82, 2.24) is 14.5 Å². The minimum atomic E-state index is 0.808. The highest BCUT2D eigenvalue weighted by Crippen LogP contribution is 2.47. The number of aromatic nitrogens is 3. The number of fused-ring (bicyclic) bond motifs is 18. The third kappa shape index (κ3) is 3.94. The molecule has 254 valence electrons. The Morgan fingerprint density at radius 3 is 1.89 bits per heavy atom. The Morgan fingerprint density at radius 1 is 0.436 bits per heavy atom. The molecule has 0 fully saturated rings. The molecule has 0 amide bonds. The second-order valence-corrected chi connectivity index (χ2v) is 15.5. The molecule has 13 rings (SSSR count). The molecule has 0 radical (unpaired) electrons. The first-order chi connectivity index (χ1) is 27.3. The first-order valence-corrected chi connectivity index (χ1v) is 19.4. The number of rotatable bonds is 2. The maximum atomic E-state index is 6.28. The van der Waals surface area contributed by atoms with Crippen LogP contribution in [0.2, 0.25) is 0 Å². The Kier molecular flexibility index (Phi) is 5.74. The van der Waals surface area contributed by atoms with Gasteiger partial charge in [-0.3, -0.25) is 4.57 Å². The zero-order valence-corrected chi connectivity index (χ0v) is 30.1. The summed E-state index contributed by atoms with van der Waals surface area (Å²) >= 11 is 1.70. The van der Waals surface area contributed by atoms with Crippen molar-refractivity contribution in [3.63, 3.8) is 0 Å². The van der Waals surface area contributed by atoms with Gasteiger partial charge in [0.1, 0.15) is 27.2 Å². The summed E-state index contributed by atoms with van der Waals surface area (Å²) in [5.41, 5.74) is 6.68. The van der Waals surface area contributed by atoms with Crippen LogP contribution in [0.3, 0.4) is 0 Å². The van der Waals surface area contributed by atoms with E-state index in [4.69, 9.17) is 14.4 Å². The van der Waals surface area contributed by atoms with E-state index in [1.165, 1.54) is 58.6 Å². The molecular weight excluding hydrogens is 691 g/mol. The summed E-state index contributed by atoms with van der Waals surface area (Å²) in [7, 11) is 0. The van der Waals surface area contributed by atoms with Crippen molar-refractivity contribution < 1.29 is 4.42 Å². The standard InChI is InChI=1S/C50H27N3OS/c1-2-12-30-28(11-1)21-24-39-45(30)46-40(25-23-36-33-15-4-3-13-31(33)32-14-5-6-17-35(32)44(36)46)53(39)49-47(52-50-48(51-49)37-18-8-10-20-43(37)55-50)29-22-26-42-38(27-29)34-16-7-9-19-41(34)54-42/h1-27H. The Hall–Kier alpha value is -7.08. The molecule has 0 aliphatic carbocycles. The molecule has 0 atom stereocenters. The van der Waals surface area contributed by atoms with Crippen LogP contribution in [0.25, 0.3) is 124 Å². The molecule has 55 heavy (non-hydrogen) atoms. The fraction of sp³-hybridized carbons (Fsp3) is 0. The number of para-hydroxylation sites is 1. The molecule has 13 aromatic rings. The first-order valence-electron chi connectivity index (χ1n) is 18.6. The fourth-order valence-electron chi connectivity index (χ4n) is 9.23. The summed E-state index contributed by atoms with van der Waals surface area (Å²) < 4.78 is 9.84. The zero-order valence-electron chi connectivity index (χ0n) is 29.2.